The number of hydrogen-bond donors (Lipinski definition) is 0. The van der Waals surface area contributed by atoms with E-state index in [9.17, 15) is 0 Å². The number of aromatic nitrogens is 1. The van der Waals surface area contributed by atoms with Gasteiger partial charge in [-0.3, -0.25) is 0 Å². The molecule has 1 fully saturated rings. The topological polar surface area (TPSA) is 21.3 Å². The van der Waals surface area contributed by atoms with Crippen LogP contribution in [0.1, 0.15) is 43.2 Å². The molecule has 0 spiro atoms. The molecule has 0 unspecified atom stereocenters. The molecule has 10 aromatic rings. The van der Waals surface area contributed by atoms with Crippen molar-refractivity contribution >= 4 is 60.8 Å². The molecule has 8 aromatic carbocycles. The van der Waals surface area contributed by atoms with Crippen LogP contribution in [0.25, 0.3) is 60.6 Å². The molecule has 1 aliphatic carbocycles. The first kappa shape index (κ1) is 33.5. The van der Waals surface area contributed by atoms with Crippen LogP contribution >= 0.6 is 0 Å². The van der Waals surface area contributed by atoms with Gasteiger partial charge in [-0.25, -0.2) is 0 Å². The number of furan rings is 1. The molecule has 0 amide bonds. The summed E-state index contributed by atoms with van der Waals surface area (Å²) >= 11 is 0. The highest BCUT2D eigenvalue weighted by atomic mass is 16.3. The first-order valence-electron chi connectivity index (χ1n) is 20.3. The van der Waals surface area contributed by atoms with Gasteiger partial charge in [-0.15, -0.1) is 0 Å². The maximum Gasteiger partial charge on any atom is 0.137 e. The zero-order valence-electron chi connectivity index (χ0n) is 31.8. The molecule has 2 heterocycles. The molecule has 57 heavy (non-hydrogen) atoms. The molecule has 0 atom stereocenters. The summed E-state index contributed by atoms with van der Waals surface area (Å²) in [5, 5.41) is 4.75. The average molecular weight is 735 g/mol. The van der Waals surface area contributed by atoms with E-state index in [0.29, 0.717) is 0 Å². The molecule has 1 aliphatic rings. The highest BCUT2D eigenvalue weighted by Crippen LogP contribution is 2.47. The fourth-order valence-electron chi connectivity index (χ4n) is 9.77. The molecule has 0 saturated heterocycles. The summed E-state index contributed by atoms with van der Waals surface area (Å²) < 4.78 is 8.79. The van der Waals surface area contributed by atoms with Gasteiger partial charge in [0, 0.05) is 38.6 Å². The normalized spacial score (nSPS) is 14.1. The summed E-state index contributed by atoms with van der Waals surface area (Å²) in [6.07, 6.45) is 6.18. The summed E-state index contributed by atoms with van der Waals surface area (Å²) in [5.41, 5.74) is 14.0. The Bertz CT molecular complexity index is 3020. The Morgan fingerprint density at radius 1 is 0.439 bits per heavy atom. The molecule has 11 rings (SSSR count). The molecule has 1 saturated carbocycles. The van der Waals surface area contributed by atoms with Gasteiger partial charge in [0.15, 0.2) is 0 Å². The second-order valence-electron chi connectivity index (χ2n) is 15.6. The largest absolute Gasteiger partial charge is 0.456 e. The predicted molar refractivity (Wildman–Crippen MR) is 238 cm³/mol. The third-order valence-electron chi connectivity index (χ3n) is 12.5. The number of nitrogens with zero attached hydrogens (tertiary/aromatic N) is 2. The fourth-order valence-corrected chi connectivity index (χ4v) is 9.77. The van der Waals surface area contributed by atoms with Crippen molar-refractivity contribution in [3.8, 4) is 16.8 Å². The minimum absolute atomic E-state index is 0.0415. The van der Waals surface area contributed by atoms with Crippen LogP contribution in [0, 0.1) is 0 Å². The third-order valence-corrected chi connectivity index (χ3v) is 12.5. The van der Waals surface area contributed by atoms with E-state index in [4.69, 9.17) is 4.42 Å². The molecular weight excluding hydrogens is 693 g/mol. The lowest BCUT2D eigenvalue weighted by Gasteiger charge is -2.39. The van der Waals surface area contributed by atoms with E-state index in [1.807, 2.05) is 6.07 Å². The van der Waals surface area contributed by atoms with Gasteiger partial charge in [0.1, 0.15) is 11.2 Å². The van der Waals surface area contributed by atoms with Crippen LogP contribution < -0.4 is 4.90 Å². The lowest BCUT2D eigenvalue weighted by Crippen LogP contribution is -2.30. The van der Waals surface area contributed by atoms with Gasteiger partial charge < -0.3 is 13.9 Å². The number of fused-ring (bicyclic) bond motifs is 6. The number of benzene rings is 8. The molecule has 3 nitrogen and oxygen atoms in total. The van der Waals surface area contributed by atoms with E-state index in [-0.39, 0.29) is 5.41 Å². The van der Waals surface area contributed by atoms with Crippen LogP contribution in [0.15, 0.2) is 199 Å². The highest BCUT2D eigenvalue weighted by molar-refractivity contribution is 6.13. The van der Waals surface area contributed by atoms with E-state index in [1.54, 1.807) is 0 Å². The van der Waals surface area contributed by atoms with E-state index in [0.717, 1.165) is 39.0 Å². The number of anilines is 3. The zero-order valence-corrected chi connectivity index (χ0v) is 31.8. The Morgan fingerprint density at radius 2 is 1.04 bits per heavy atom. The number of hydrogen-bond acceptors (Lipinski definition) is 2. The van der Waals surface area contributed by atoms with E-state index in [1.165, 1.54) is 81.9 Å². The first-order chi connectivity index (χ1) is 28.2. The average Bonchev–Trinajstić information content (AvgIpc) is 3.84. The van der Waals surface area contributed by atoms with Crippen LogP contribution in [-0.2, 0) is 5.41 Å². The second-order valence-corrected chi connectivity index (χ2v) is 15.6. The Morgan fingerprint density at radius 3 is 1.81 bits per heavy atom. The van der Waals surface area contributed by atoms with Gasteiger partial charge in [0.25, 0.3) is 0 Å². The third kappa shape index (κ3) is 5.57. The zero-order chi connectivity index (χ0) is 37.8. The minimum Gasteiger partial charge on any atom is -0.456 e. The monoisotopic (exact) mass is 734 g/mol. The summed E-state index contributed by atoms with van der Waals surface area (Å²) in [4.78, 5) is 2.41. The van der Waals surface area contributed by atoms with E-state index >= 15 is 0 Å². The molecule has 0 aliphatic heterocycles. The molecule has 2 aromatic heterocycles. The standard InChI is InChI=1S/C54H42N2O/c1-4-15-40(16-5-1)54(35-12-3-13-36-54)41-28-32-44(33-29-41)55(50-22-14-24-52-53(50)46-20-9-11-23-51(46)57-52)43-30-25-38(26-31-43)39-27-34-49-47(37-39)45-19-8-10-21-48(45)56(49)42-17-6-2-7-18-42/h1-2,4-11,14-34,37H,3,12-13,35-36H2. The number of para-hydroxylation sites is 3. The van der Waals surface area contributed by atoms with Crippen LogP contribution in [-0.4, -0.2) is 4.57 Å². The van der Waals surface area contributed by atoms with Gasteiger partial charge in [-0.1, -0.05) is 141 Å². The molecular formula is C54H42N2O. The second kappa shape index (κ2) is 13.7. The van der Waals surface area contributed by atoms with Crippen molar-refractivity contribution in [1.29, 1.82) is 0 Å². The summed E-state index contributed by atoms with van der Waals surface area (Å²) in [6.45, 7) is 0. The Kier molecular flexibility index (Phi) is 8.06. The van der Waals surface area contributed by atoms with Crippen molar-refractivity contribution in [2.24, 2.45) is 0 Å². The van der Waals surface area contributed by atoms with Gasteiger partial charge in [-0.2, -0.15) is 0 Å². The maximum atomic E-state index is 6.42. The maximum absolute atomic E-state index is 6.42. The predicted octanol–water partition coefficient (Wildman–Crippen LogP) is 15.1. The van der Waals surface area contributed by atoms with Crippen molar-refractivity contribution in [2.45, 2.75) is 37.5 Å². The van der Waals surface area contributed by atoms with Crippen molar-refractivity contribution in [3.05, 3.63) is 205 Å². The molecule has 3 heteroatoms. The van der Waals surface area contributed by atoms with Crippen LogP contribution in [0.3, 0.4) is 0 Å². The molecule has 274 valence electrons. The summed E-state index contributed by atoms with van der Waals surface area (Å²) in [7, 11) is 0. The van der Waals surface area contributed by atoms with Crippen molar-refractivity contribution in [2.75, 3.05) is 4.90 Å². The summed E-state index contributed by atoms with van der Waals surface area (Å²) in [5.74, 6) is 0. The van der Waals surface area contributed by atoms with Crippen molar-refractivity contribution < 1.29 is 4.42 Å². The smallest absolute Gasteiger partial charge is 0.137 e. The van der Waals surface area contributed by atoms with Crippen molar-refractivity contribution in [1.82, 2.24) is 4.57 Å². The molecule has 0 bridgehead atoms. The Hall–Kier alpha value is -6.84. The highest BCUT2D eigenvalue weighted by Gasteiger charge is 2.35. The lowest BCUT2D eigenvalue weighted by molar-refractivity contribution is 0.346. The quantitative estimate of drug-likeness (QED) is 0.163. The minimum atomic E-state index is 0.0415. The van der Waals surface area contributed by atoms with Gasteiger partial charge in [0.2, 0.25) is 0 Å². The first-order valence-corrected chi connectivity index (χ1v) is 20.3. The lowest BCUT2D eigenvalue weighted by atomic mass is 9.65. The van der Waals surface area contributed by atoms with Crippen LogP contribution in [0.4, 0.5) is 17.1 Å². The van der Waals surface area contributed by atoms with Gasteiger partial charge in [0.05, 0.1) is 22.1 Å². The Balaban J connectivity index is 1.03. The Labute approximate surface area is 333 Å². The number of rotatable bonds is 7. The summed E-state index contributed by atoms with van der Waals surface area (Å²) in [6, 6.07) is 70.8. The van der Waals surface area contributed by atoms with Gasteiger partial charge in [-0.05, 0) is 108 Å². The van der Waals surface area contributed by atoms with Crippen LogP contribution in [0.5, 0.6) is 0 Å². The molecule has 0 radical (unpaired) electrons. The SMILES string of the molecule is c1ccc(-n2c3ccccc3c3cc(-c4ccc(N(c5ccc(C6(c7ccccc7)CCCCC6)cc5)c5cccc6oc7ccccc7c56)cc4)ccc32)cc1. The molecule has 0 N–H and O–H groups in total. The fraction of sp³-hybridized carbons (Fsp3) is 0.111. The van der Waals surface area contributed by atoms with Crippen LogP contribution in [0.2, 0.25) is 0 Å². The van der Waals surface area contributed by atoms with E-state index < -0.39 is 0 Å². The van der Waals surface area contributed by atoms with Crippen molar-refractivity contribution in [3.63, 3.8) is 0 Å². The van der Waals surface area contributed by atoms with E-state index in [2.05, 4.69) is 198 Å². The van der Waals surface area contributed by atoms with Gasteiger partial charge >= 0.3 is 0 Å².